The van der Waals surface area contributed by atoms with E-state index in [9.17, 15) is 0 Å². The van der Waals surface area contributed by atoms with Gasteiger partial charge in [0.15, 0.2) is 11.5 Å². The Hall–Kier alpha value is -1.22. The van der Waals surface area contributed by atoms with Crippen molar-refractivity contribution in [2.75, 3.05) is 6.54 Å². The molecule has 86 valence electrons. The highest BCUT2D eigenvalue weighted by Gasteiger charge is 2.43. The first-order valence-corrected chi connectivity index (χ1v) is 6.02. The molecule has 3 heteroatoms. The number of benzene rings is 1. The molecule has 0 radical (unpaired) electrons. The van der Waals surface area contributed by atoms with Crippen LogP contribution in [0.2, 0.25) is 0 Å². The Morgan fingerprint density at radius 2 is 1.88 bits per heavy atom. The van der Waals surface area contributed by atoms with Gasteiger partial charge in [-0.05, 0) is 43.5 Å². The molecule has 3 rings (SSSR count). The maximum absolute atomic E-state index is 5.98. The first-order chi connectivity index (χ1) is 7.81. The number of nitrogens with two attached hydrogens (primary N) is 1. The summed E-state index contributed by atoms with van der Waals surface area (Å²) in [4.78, 5) is 0. The van der Waals surface area contributed by atoms with E-state index in [1.807, 2.05) is 6.07 Å². The van der Waals surface area contributed by atoms with Crippen LogP contribution in [-0.2, 0) is 6.42 Å². The fourth-order valence-electron chi connectivity index (χ4n) is 2.58. The van der Waals surface area contributed by atoms with Crippen LogP contribution in [-0.4, -0.2) is 12.3 Å². The molecule has 0 aromatic heterocycles. The van der Waals surface area contributed by atoms with E-state index in [1.165, 1.54) is 18.4 Å². The van der Waals surface area contributed by atoms with Gasteiger partial charge in [-0.25, -0.2) is 0 Å². The van der Waals surface area contributed by atoms with Crippen molar-refractivity contribution in [2.45, 2.75) is 37.9 Å². The van der Waals surface area contributed by atoms with E-state index in [0.29, 0.717) is 6.54 Å². The van der Waals surface area contributed by atoms with Gasteiger partial charge in [-0.15, -0.1) is 0 Å². The Bertz CT molecular complexity index is 397. The van der Waals surface area contributed by atoms with E-state index in [4.69, 9.17) is 15.2 Å². The Balaban J connectivity index is 1.86. The molecule has 1 spiro atoms. The van der Waals surface area contributed by atoms with Gasteiger partial charge < -0.3 is 15.2 Å². The van der Waals surface area contributed by atoms with E-state index in [0.717, 1.165) is 30.8 Å². The topological polar surface area (TPSA) is 44.5 Å². The molecule has 0 unspecified atom stereocenters. The third kappa shape index (κ3) is 1.55. The third-order valence-corrected chi connectivity index (χ3v) is 3.40. The van der Waals surface area contributed by atoms with Gasteiger partial charge in [0.05, 0.1) is 0 Å². The zero-order valence-electron chi connectivity index (χ0n) is 9.37. The van der Waals surface area contributed by atoms with Crippen molar-refractivity contribution in [3.8, 4) is 11.5 Å². The van der Waals surface area contributed by atoms with Crippen molar-refractivity contribution in [2.24, 2.45) is 5.73 Å². The number of rotatable bonds is 2. The van der Waals surface area contributed by atoms with Gasteiger partial charge in [0, 0.05) is 12.8 Å². The van der Waals surface area contributed by atoms with Gasteiger partial charge in [-0.2, -0.15) is 0 Å². The molecular formula is C13H17NO2. The summed E-state index contributed by atoms with van der Waals surface area (Å²) in [5, 5.41) is 0. The molecule has 0 saturated heterocycles. The molecule has 1 aromatic carbocycles. The first-order valence-electron chi connectivity index (χ1n) is 6.02. The summed E-state index contributed by atoms with van der Waals surface area (Å²) >= 11 is 0. The Kier molecular flexibility index (Phi) is 2.28. The quantitative estimate of drug-likeness (QED) is 0.829. The summed E-state index contributed by atoms with van der Waals surface area (Å²) in [6.07, 6.45) is 5.30. The molecule has 0 bridgehead atoms. The van der Waals surface area contributed by atoms with Crippen molar-refractivity contribution in [3.05, 3.63) is 23.8 Å². The fraction of sp³-hybridized carbons (Fsp3) is 0.538. The lowest BCUT2D eigenvalue weighted by Crippen LogP contribution is -2.34. The third-order valence-electron chi connectivity index (χ3n) is 3.40. The Labute approximate surface area is 95.5 Å². The van der Waals surface area contributed by atoms with Crippen molar-refractivity contribution in [1.29, 1.82) is 0 Å². The molecule has 3 nitrogen and oxygen atoms in total. The van der Waals surface area contributed by atoms with Crippen LogP contribution < -0.4 is 15.2 Å². The van der Waals surface area contributed by atoms with Crippen LogP contribution in [0, 0.1) is 0 Å². The monoisotopic (exact) mass is 219 g/mol. The number of ether oxygens (including phenoxy) is 2. The molecule has 0 amide bonds. The minimum absolute atomic E-state index is 0.344. The first kappa shape index (κ1) is 9.97. The van der Waals surface area contributed by atoms with Gasteiger partial charge in [-0.3, -0.25) is 0 Å². The maximum Gasteiger partial charge on any atom is 0.251 e. The highest BCUT2D eigenvalue weighted by Crippen LogP contribution is 2.46. The van der Waals surface area contributed by atoms with Gasteiger partial charge in [-0.1, -0.05) is 6.07 Å². The molecule has 1 heterocycles. The molecule has 2 N–H and O–H groups in total. The van der Waals surface area contributed by atoms with Crippen LogP contribution in [0.25, 0.3) is 0 Å². The molecule has 16 heavy (non-hydrogen) atoms. The van der Waals surface area contributed by atoms with E-state index >= 15 is 0 Å². The second-order valence-corrected chi connectivity index (χ2v) is 4.64. The number of hydrogen-bond acceptors (Lipinski definition) is 3. The van der Waals surface area contributed by atoms with Crippen molar-refractivity contribution in [3.63, 3.8) is 0 Å². The molecule has 1 fully saturated rings. The minimum atomic E-state index is -0.344. The molecule has 1 saturated carbocycles. The lowest BCUT2D eigenvalue weighted by molar-refractivity contribution is -0.0716. The Morgan fingerprint density at radius 3 is 2.62 bits per heavy atom. The van der Waals surface area contributed by atoms with Gasteiger partial charge >= 0.3 is 0 Å². The predicted octanol–water partition coefficient (Wildman–Crippen LogP) is 2.23. The molecule has 1 aromatic rings. The SMILES string of the molecule is NCCc1ccc2c(c1)OC1(CCCC1)O2. The van der Waals surface area contributed by atoms with Crippen molar-refractivity contribution < 1.29 is 9.47 Å². The standard InChI is InChI=1S/C13H17NO2/c14-8-5-10-3-4-11-12(9-10)16-13(15-11)6-1-2-7-13/h3-4,9H,1-2,5-8,14H2. The molecular weight excluding hydrogens is 202 g/mol. The van der Waals surface area contributed by atoms with Crippen molar-refractivity contribution in [1.82, 2.24) is 0 Å². The van der Waals surface area contributed by atoms with Crippen molar-refractivity contribution >= 4 is 0 Å². The fourth-order valence-corrected chi connectivity index (χ4v) is 2.58. The average molecular weight is 219 g/mol. The van der Waals surface area contributed by atoms with E-state index in [-0.39, 0.29) is 5.79 Å². The van der Waals surface area contributed by atoms with Crippen LogP contribution >= 0.6 is 0 Å². The Morgan fingerprint density at radius 1 is 1.12 bits per heavy atom. The molecule has 1 aliphatic heterocycles. The lowest BCUT2D eigenvalue weighted by Gasteiger charge is -2.21. The summed E-state index contributed by atoms with van der Waals surface area (Å²) in [7, 11) is 0. The second kappa shape index (κ2) is 3.67. The highest BCUT2D eigenvalue weighted by molar-refractivity contribution is 5.46. The molecule has 0 atom stereocenters. The zero-order valence-corrected chi connectivity index (χ0v) is 9.37. The summed E-state index contributed by atoms with van der Waals surface area (Å²) in [6.45, 7) is 0.671. The highest BCUT2D eigenvalue weighted by atomic mass is 16.7. The lowest BCUT2D eigenvalue weighted by atomic mass is 10.1. The van der Waals surface area contributed by atoms with Crippen LogP contribution in [0.4, 0.5) is 0 Å². The zero-order chi connectivity index (χ0) is 11.0. The van der Waals surface area contributed by atoms with Crippen LogP contribution in [0.3, 0.4) is 0 Å². The smallest absolute Gasteiger partial charge is 0.251 e. The normalized spacial score (nSPS) is 20.6. The van der Waals surface area contributed by atoms with Crippen LogP contribution in [0.15, 0.2) is 18.2 Å². The summed E-state index contributed by atoms with van der Waals surface area (Å²) in [5.41, 5.74) is 6.77. The minimum Gasteiger partial charge on any atom is -0.448 e. The van der Waals surface area contributed by atoms with Gasteiger partial charge in [0.2, 0.25) is 0 Å². The largest absolute Gasteiger partial charge is 0.448 e. The van der Waals surface area contributed by atoms with E-state index in [2.05, 4.69) is 12.1 Å². The molecule has 1 aliphatic carbocycles. The number of hydrogen-bond donors (Lipinski definition) is 1. The predicted molar refractivity (Wildman–Crippen MR) is 61.7 cm³/mol. The van der Waals surface area contributed by atoms with Crippen LogP contribution in [0.5, 0.6) is 11.5 Å². The maximum atomic E-state index is 5.98. The molecule has 2 aliphatic rings. The number of fused-ring (bicyclic) bond motifs is 1. The van der Waals surface area contributed by atoms with Crippen LogP contribution in [0.1, 0.15) is 31.2 Å². The average Bonchev–Trinajstić information content (AvgIpc) is 2.85. The van der Waals surface area contributed by atoms with Gasteiger partial charge in [0.1, 0.15) is 0 Å². The van der Waals surface area contributed by atoms with Gasteiger partial charge in [0.25, 0.3) is 5.79 Å². The summed E-state index contributed by atoms with van der Waals surface area (Å²) in [6, 6.07) is 6.14. The summed E-state index contributed by atoms with van der Waals surface area (Å²) < 4.78 is 11.9. The van der Waals surface area contributed by atoms with E-state index in [1.54, 1.807) is 0 Å². The second-order valence-electron chi connectivity index (χ2n) is 4.64. The van der Waals surface area contributed by atoms with E-state index < -0.39 is 0 Å². The summed E-state index contributed by atoms with van der Waals surface area (Å²) in [5.74, 6) is 1.44.